The third kappa shape index (κ3) is 4.17. The number of carbonyl (C=O) groups is 2. The van der Waals surface area contributed by atoms with Crippen molar-refractivity contribution >= 4 is 28.6 Å². The fraction of sp³-hybridized carbons (Fsp3) is 0.250. The van der Waals surface area contributed by atoms with Gasteiger partial charge in [-0.25, -0.2) is 9.67 Å². The molecule has 0 aliphatic heterocycles. The van der Waals surface area contributed by atoms with Crippen LogP contribution in [0.25, 0.3) is 16.7 Å². The molecule has 0 spiro atoms. The summed E-state index contributed by atoms with van der Waals surface area (Å²) < 4.78 is 10.2. The van der Waals surface area contributed by atoms with Crippen LogP contribution in [0.1, 0.15) is 18.4 Å². The van der Waals surface area contributed by atoms with Gasteiger partial charge in [-0.15, -0.1) is 0 Å². The van der Waals surface area contributed by atoms with E-state index in [4.69, 9.17) is 4.74 Å². The number of hydrogen-bond acceptors (Lipinski definition) is 5. The standard InChI is InChI=1S/C24H25N5O4/c1-15-22(24(32)29(27(15)4)18-10-6-5-7-11-18)26-23(31)16(2)33-21(30)14-28-17(3)25-19-12-8-9-13-20(19)28/h5-13,16H,14H2,1-4H3,(H,26,31). The average molecular weight is 447 g/mol. The van der Waals surface area contributed by atoms with E-state index in [1.807, 2.05) is 42.5 Å². The van der Waals surface area contributed by atoms with Gasteiger partial charge in [-0.1, -0.05) is 30.3 Å². The zero-order chi connectivity index (χ0) is 23.7. The second kappa shape index (κ2) is 8.78. The lowest BCUT2D eigenvalue weighted by molar-refractivity contribution is -0.153. The van der Waals surface area contributed by atoms with Crippen LogP contribution >= 0.6 is 0 Å². The number of imidazole rings is 1. The van der Waals surface area contributed by atoms with E-state index < -0.39 is 18.0 Å². The lowest BCUT2D eigenvalue weighted by Gasteiger charge is -2.14. The number of anilines is 1. The monoisotopic (exact) mass is 447 g/mol. The zero-order valence-corrected chi connectivity index (χ0v) is 18.9. The maximum atomic E-state index is 13.0. The first-order valence-electron chi connectivity index (χ1n) is 10.5. The van der Waals surface area contributed by atoms with Crippen molar-refractivity contribution in [2.45, 2.75) is 33.4 Å². The van der Waals surface area contributed by atoms with Gasteiger partial charge in [0.1, 0.15) is 18.1 Å². The van der Waals surface area contributed by atoms with Gasteiger partial charge in [-0.2, -0.15) is 0 Å². The van der Waals surface area contributed by atoms with Crippen molar-refractivity contribution in [2.75, 3.05) is 5.32 Å². The quantitative estimate of drug-likeness (QED) is 0.458. The van der Waals surface area contributed by atoms with E-state index in [-0.39, 0.29) is 17.8 Å². The first kappa shape index (κ1) is 22.1. The van der Waals surface area contributed by atoms with E-state index in [0.717, 1.165) is 11.0 Å². The summed E-state index contributed by atoms with van der Waals surface area (Å²) in [5.41, 5.74) is 2.62. The summed E-state index contributed by atoms with van der Waals surface area (Å²) in [6.07, 6.45) is -1.09. The highest BCUT2D eigenvalue weighted by molar-refractivity contribution is 5.95. The molecule has 1 N–H and O–H groups in total. The number of aryl methyl sites for hydroxylation is 1. The number of amides is 1. The van der Waals surface area contributed by atoms with Gasteiger partial charge in [-0.3, -0.25) is 19.1 Å². The molecule has 4 rings (SSSR count). The van der Waals surface area contributed by atoms with Gasteiger partial charge in [0.05, 0.1) is 22.4 Å². The summed E-state index contributed by atoms with van der Waals surface area (Å²) in [6, 6.07) is 16.6. The van der Waals surface area contributed by atoms with Gasteiger partial charge in [-0.05, 0) is 45.0 Å². The summed E-state index contributed by atoms with van der Waals surface area (Å²) >= 11 is 0. The molecule has 9 heteroatoms. The maximum absolute atomic E-state index is 13.0. The van der Waals surface area contributed by atoms with Gasteiger partial charge in [0.2, 0.25) is 0 Å². The Kier molecular flexibility index (Phi) is 5.87. The smallest absolute Gasteiger partial charge is 0.326 e. The van der Waals surface area contributed by atoms with Gasteiger partial charge in [0.25, 0.3) is 11.5 Å². The highest BCUT2D eigenvalue weighted by Gasteiger charge is 2.23. The normalized spacial score (nSPS) is 12.0. The van der Waals surface area contributed by atoms with E-state index in [9.17, 15) is 14.4 Å². The number of para-hydroxylation sites is 3. The summed E-state index contributed by atoms with van der Waals surface area (Å²) in [6.45, 7) is 4.94. The number of ether oxygens (including phenoxy) is 1. The van der Waals surface area contributed by atoms with Crippen LogP contribution in [0.2, 0.25) is 0 Å². The van der Waals surface area contributed by atoms with Crippen molar-refractivity contribution in [1.82, 2.24) is 18.9 Å². The van der Waals surface area contributed by atoms with E-state index in [1.54, 1.807) is 42.3 Å². The molecule has 1 amide bonds. The Morgan fingerprint density at radius 3 is 2.45 bits per heavy atom. The Hall–Kier alpha value is -4.14. The lowest BCUT2D eigenvalue weighted by Crippen LogP contribution is -2.33. The number of hydrogen-bond donors (Lipinski definition) is 1. The molecule has 2 heterocycles. The molecule has 0 saturated carbocycles. The van der Waals surface area contributed by atoms with Crippen molar-refractivity contribution < 1.29 is 14.3 Å². The second-order valence-corrected chi connectivity index (χ2v) is 7.79. The topological polar surface area (TPSA) is 100 Å². The van der Waals surface area contributed by atoms with Crippen LogP contribution in [0.15, 0.2) is 59.4 Å². The minimum atomic E-state index is -1.09. The van der Waals surface area contributed by atoms with Crippen molar-refractivity contribution in [2.24, 2.45) is 7.05 Å². The molecule has 1 unspecified atom stereocenters. The van der Waals surface area contributed by atoms with Crippen LogP contribution in [0.3, 0.4) is 0 Å². The van der Waals surface area contributed by atoms with Crippen LogP contribution in [-0.2, 0) is 27.9 Å². The maximum Gasteiger partial charge on any atom is 0.326 e. The van der Waals surface area contributed by atoms with Crippen LogP contribution in [0.5, 0.6) is 0 Å². The first-order chi connectivity index (χ1) is 15.8. The minimum Gasteiger partial charge on any atom is -0.451 e. The SMILES string of the molecule is Cc1nc2ccccc2n1CC(=O)OC(C)C(=O)Nc1c(C)n(C)n(-c2ccccc2)c1=O. The molecule has 33 heavy (non-hydrogen) atoms. The van der Waals surface area contributed by atoms with Crippen LogP contribution < -0.4 is 10.9 Å². The number of esters is 1. The largest absolute Gasteiger partial charge is 0.451 e. The molecule has 0 fully saturated rings. The number of nitrogens with zero attached hydrogens (tertiary/aromatic N) is 4. The molecular weight excluding hydrogens is 422 g/mol. The highest BCUT2D eigenvalue weighted by Crippen LogP contribution is 2.17. The summed E-state index contributed by atoms with van der Waals surface area (Å²) in [5, 5.41) is 2.63. The fourth-order valence-electron chi connectivity index (χ4n) is 3.75. The third-order valence-corrected chi connectivity index (χ3v) is 5.61. The Bertz CT molecular complexity index is 1400. The third-order valence-electron chi connectivity index (χ3n) is 5.61. The van der Waals surface area contributed by atoms with E-state index >= 15 is 0 Å². The van der Waals surface area contributed by atoms with Crippen molar-refractivity contribution in [1.29, 1.82) is 0 Å². The molecule has 1 atom stereocenters. The molecule has 9 nitrogen and oxygen atoms in total. The molecule has 0 saturated heterocycles. The van der Waals surface area contributed by atoms with Gasteiger partial charge >= 0.3 is 5.97 Å². The van der Waals surface area contributed by atoms with Crippen molar-refractivity contribution in [3.63, 3.8) is 0 Å². The number of benzene rings is 2. The fourth-order valence-corrected chi connectivity index (χ4v) is 3.75. The van der Waals surface area contributed by atoms with E-state index in [1.165, 1.54) is 11.6 Å². The zero-order valence-electron chi connectivity index (χ0n) is 18.9. The van der Waals surface area contributed by atoms with Crippen LogP contribution in [0.4, 0.5) is 5.69 Å². The number of rotatable bonds is 6. The predicted molar refractivity (Wildman–Crippen MR) is 124 cm³/mol. The van der Waals surface area contributed by atoms with Crippen LogP contribution in [0, 0.1) is 13.8 Å². The number of nitrogens with one attached hydrogen (secondary N) is 1. The summed E-state index contributed by atoms with van der Waals surface area (Å²) in [5.74, 6) is -0.483. The molecule has 0 bridgehead atoms. The average Bonchev–Trinajstić information content (AvgIpc) is 3.22. The van der Waals surface area contributed by atoms with Gasteiger partial charge in [0, 0.05) is 7.05 Å². The Balaban J connectivity index is 1.48. The molecular formula is C24H25N5O4. The molecule has 2 aromatic heterocycles. The summed E-state index contributed by atoms with van der Waals surface area (Å²) in [7, 11) is 1.74. The predicted octanol–water partition coefficient (Wildman–Crippen LogP) is 2.71. The van der Waals surface area contributed by atoms with Crippen molar-refractivity contribution in [3.8, 4) is 5.69 Å². The molecule has 4 aromatic rings. The Morgan fingerprint density at radius 2 is 1.73 bits per heavy atom. The molecule has 2 aromatic carbocycles. The summed E-state index contributed by atoms with van der Waals surface area (Å²) in [4.78, 5) is 42.7. The van der Waals surface area contributed by atoms with Crippen molar-refractivity contribution in [3.05, 3.63) is 76.5 Å². The highest BCUT2D eigenvalue weighted by atomic mass is 16.5. The van der Waals surface area contributed by atoms with E-state index in [2.05, 4.69) is 10.3 Å². The first-order valence-corrected chi connectivity index (χ1v) is 10.5. The molecule has 0 aliphatic carbocycles. The van der Waals surface area contributed by atoms with Gasteiger partial charge < -0.3 is 14.6 Å². The molecule has 0 aliphatic rings. The van der Waals surface area contributed by atoms with Crippen LogP contribution in [-0.4, -0.2) is 36.9 Å². The second-order valence-electron chi connectivity index (χ2n) is 7.79. The molecule has 170 valence electrons. The number of carbonyl (C=O) groups excluding carboxylic acids is 2. The molecule has 0 radical (unpaired) electrons. The Morgan fingerprint density at radius 1 is 1.06 bits per heavy atom. The van der Waals surface area contributed by atoms with E-state index in [0.29, 0.717) is 17.2 Å². The number of fused-ring (bicyclic) bond motifs is 1. The minimum absolute atomic E-state index is 0.0743. The Labute approximate surface area is 190 Å². The van der Waals surface area contributed by atoms with Gasteiger partial charge in [0.15, 0.2) is 6.10 Å². The lowest BCUT2D eigenvalue weighted by atomic mass is 10.3. The number of aromatic nitrogens is 4.